The molecule has 0 aliphatic carbocycles. The summed E-state index contributed by atoms with van der Waals surface area (Å²) in [4.78, 5) is 42.1. The number of carbonyl (C=O) groups excluding carboxylic acids is 3. The van der Waals surface area contributed by atoms with Crippen LogP contribution in [-0.2, 0) is 32.1 Å². The molecule has 2 aromatic carbocycles. The molecule has 0 bridgehead atoms. The Morgan fingerprint density at radius 3 is 2.18 bits per heavy atom. The predicted octanol–water partition coefficient (Wildman–Crippen LogP) is 2.65. The minimum Gasteiger partial charge on any atom is -0.367 e. The molecule has 1 aliphatic rings. The van der Waals surface area contributed by atoms with Crippen molar-refractivity contribution in [1.82, 2.24) is 15.1 Å². The monoisotopic (exact) mass is 465 g/mol. The van der Waals surface area contributed by atoms with Crippen molar-refractivity contribution >= 4 is 17.7 Å². The second-order valence-electron chi connectivity index (χ2n) is 9.15. The summed E-state index contributed by atoms with van der Waals surface area (Å²) < 4.78 is 5.51. The number of nitrogens with zero attached hydrogens (tertiary/aromatic N) is 2. The highest BCUT2D eigenvalue weighted by atomic mass is 16.5. The Hall–Kier alpha value is -3.19. The second-order valence-corrected chi connectivity index (χ2v) is 9.15. The first-order valence-electron chi connectivity index (χ1n) is 11.9. The molecule has 1 N–H and O–H groups in total. The molecule has 0 saturated carbocycles. The lowest BCUT2D eigenvalue weighted by molar-refractivity contribution is -0.145. The molecule has 2 aromatic rings. The van der Waals surface area contributed by atoms with E-state index in [-0.39, 0.29) is 36.3 Å². The standard InChI is InChI=1S/C27H35N3O4/c1-20(2)26(28-24(31)19-34-18-23-12-8-5-9-13-23)27(33)29-14-15-30(21(3)17-29)25(32)16-22-10-6-4-7-11-22/h4-13,20-21,26H,14-19H2,1-3H3,(H,28,31). The highest BCUT2D eigenvalue weighted by molar-refractivity contribution is 5.88. The summed E-state index contributed by atoms with van der Waals surface area (Å²) in [5.74, 6) is -0.435. The number of rotatable bonds is 9. The average Bonchev–Trinajstić information content (AvgIpc) is 2.83. The topological polar surface area (TPSA) is 79.0 Å². The van der Waals surface area contributed by atoms with E-state index in [0.29, 0.717) is 32.7 Å². The zero-order chi connectivity index (χ0) is 24.5. The van der Waals surface area contributed by atoms with Gasteiger partial charge >= 0.3 is 0 Å². The number of ether oxygens (including phenoxy) is 1. The van der Waals surface area contributed by atoms with E-state index >= 15 is 0 Å². The van der Waals surface area contributed by atoms with E-state index in [1.54, 1.807) is 4.90 Å². The van der Waals surface area contributed by atoms with Gasteiger partial charge in [0.25, 0.3) is 0 Å². The van der Waals surface area contributed by atoms with Crippen molar-refractivity contribution in [3.63, 3.8) is 0 Å². The van der Waals surface area contributed by atoms with Crippen molar-refractivity contribution < 1.29 is 19.1 Å². The van der Waals surface area contributed by atoms with Crippen molar-refractivity contribution in [3.05, 3.63) is 71.8 Å². The van der Waals surface area contributed by atoms with E-state index in [0.717, 1.165) is 11.1 Å². The molecule has 7 heteroatoms. The van der Waals surface area contributed by atoms with E-state index in [4.69, 9.17) is 4.74 Å². The second kappa shape index (κ2) is 12.3. The lowest BCUT2D eigenvalue weighted by Gasteiger charge is -2.41. The van der Waals surface area contributed by atoms with Crippen molar-refractivity contribution in [2.24, 2.45) is 5.92 Å². The quantitative estimate of drug-likeness (QED) is 0.618. The molecule has 34 heavy (non-hydrogen) atoms. The molecule has 182 valence electrons. The minimum absolute atomic E-state index is 0.0649. The van der Waals surface area contributed by atoms with Gasteiger partial charge in [-0.3, -0.25) is 14.4 Å². The van der Waals surface area contributed by atoms with Crippen LogP contribution in [0.1, 0.15) is 31.9 Å². The van der Waals surface area contributed by atoms with Gasteiger partial charge in [0.15, 0.2) is 0 Å². The first kappa shape index (κ1) is 25.4. The molecule has 0 spiro atoms. The van der Waals surface area contributed by atoms with Gasteiger partial charge in [-0.05, 0) is 24.0 Å². The average molecular weight is 466 g/mol. The molecule has 3 rings (SSSR count). The van der Waals surface area contributed by atoms with Gasteiger partial charge in [0.05, 0.1) is 13.0 Å². The molecule has 3 amide bonds. The normalized spacial score (nSPS) is 16.9. The molecule has 0 radical (unpaired) electrons. The van der Waals surface area contributed by atoms with Gasteiger partial charge < -0.3 is 19.9 Å². The smallest absolute Gasteiger partial charge is 0.246 e. The Balaban J connectivity index is 1.50. The maximum absolute atomic E-state index is 13.3. The van der Waals surface area contributed by atoms with Crippen LogP contribution < -0.4 is 5.32 Å². The fourth-order valence-electron chi connectivity index (χ4n) is 4.16. The van der Waals surface area contributed by atoms with E-state index < -0.39 is 6.04 Å². The van der Waals surface area contributed by atoms with E-state index in [9.17, 15) is 14.4 Å². The van der Waals surface area contributed by atoms with Crippen LogP contribution in [0.25, 0.3) is 0 Å². The molecular weight excluding hydrogens is 430 g/mol. The summed E-state index contributed by atoms with van der Waals surface area (Å²) >= 11 is 0. The van der Waals surface area contributed by atoms with Gasteiger partial charge in [-0.25, -0.2) is 0 Å². The summed E-state index contributed by atoms with van der Waals surface area (Å²) in [6.45, 7) is 7.40. The Morgan fingerprint density at radius 2 is 1.59 bits per heavy atom. The third-order valence-electron chi connectivity index (χ3n) is 6.05. The third-order valence-corrected chi connectivity index (χ3v) is 6.05. The predicted molar refractivity (Wildman–Crippen MR) is 131 cm³/mol. The van der Waals surface area contributed by atoms with Crippen LogP contribution in [0.5, 0.6) is 0 Å². The van der Waals surface area contributed by atoms with Gasteiger partial charge in [0, 0.05) is 25.7 Å². The zero-order valence-corrected chi connectivity index (χ0v) is 20.3. The number of amides is 3. The molecule has 2 unspecified atom stereocenters. The maximum atomic E-state index is 13.3. The number of benzene rings is 2. The Morgan fingerprint density at radius 1 is 0.971 bits per heavy atom. The fourth-order valence-corrected chi connectivity index (χ4v) is 4.16. The van der Waals surface area contributed by atoms with Gasteiger partial charge in [-0.1, -0.05) is 74.5 Å². The summed E-state index contributed by atoms with van der Waals surface area (Å²) in [6.07, 6.45) is 0.354. The maximum Gasteiger partial charge on any atom is 0.246 e. The van der Waals surface area contributed by atoms with Crippen molar-refractivity contribution in [3.8, 4) is 0 Å². The Labute approximate surface area is 202 Å². The van der Waals surface area contributed by atoms with E-state index in [2.05, 4.69) is 5.32 Å². The van der Waals surface area contributed by atoms with Gasteiger partial charge in [-0.2, -0.15) is 0 Å². The van der Waals surface area contributed by atoms with E-state index in [1.807, 2.05) is 86.3 Å². The molecule has 7 nitrogen and oxygen atoms in total. The number of hydrogen-bond donors (Lipinski definition) is 1. The van der Waals surface area contributed by atoms with Crippen LogP contribution in [-0.4, -0.2) is 65.8 Å². The Kier molecular flexibility index (Phi) is 9.22. The zero-order valence-electron chi connectivity index (χ0n) is 20.3. The number of hydrogen-bond acceptors (Lipinski definition) is 4. The van der Waals surface area contributed by atoms with Gasteiger partial charge in [0.1, 0.15) is 12.6 Å². The van der Waals surface area contributed by atoms with Crippen LogP contribution in [0.4, 0.5) is 0 Å². The van der Waals surface area contributed by atoms with Crippen LogP contribution in [0, 0.1) is 5.92 Å². The molecule has 1 aliphatic heterocycles. The van der Waals surface area contributed by atoms with Crippen LogP contribution in [0.15, 0.2) is 60.7 Å². The minimum atomic E-state index is -0.633. The molecule has 1 heterocycles. The fraction of sp³-hybridized carbons (Fsp3) is 0.444. The summed E-state index contributed by atoms with van der Waals surface area (Å²) in [5, 5.41) is 2.85. The van der Waals surface area contributed by atoms with Crippen molar-refractivity contribution in [2.75, 3.05) is 26.2 Å². The van der Waals surface area contributed by atoms with Crippen LogP contribution in [0.3, 0.4) is 0 Å². The largest absolute Gasteiger partial charge is 0.367 e. The number of nitrogens with one attached hydrogen (secondary N) is 1. The van der Waals surface area contributed by atoms with Crippen LogP contribution in [0.2, 0.25) is 0 Å². The number of carbonyl (C=O) groups is 3. The van der Waals surface area contributed by atoms with E-state index in [1.165, 1.54) is 0 Å². The van der Waals surface area contributed by atoms with Gasteiger partial charge in [0.2, 0.25) is 17.7 Å². The number of piperazine rings is 1. The first-order chi connectivity index (χ1) is 16.3. The highest BCUT2D eigenvalue weighted by Gasteiger charge is 2.34. The summed E-state index contributed by atoms with van der Waals surface area (Å²) in [7, 11) is 0. The molecule has 1 fully saturated rings. The summed E-state index contributed by atoms with van der Waals surface area (Å²) in [6, 6.07) is 18.6. The lowest BCUT2D eigenvalue weighted by Crippen LogP contribution is -2.60. The SMILES string of the molecule is CC(C)C(NC(=O)COCc1ccccc1)C(=O)N1CCN(C(=O)Cc2ccccc2)C(C)C1. The molecule has 2 atom stereocenters. The molecule has 1 saturated heterocycles. The third kappa shape index (κ3) is 7.15. The Bertz CT molecular complexity index is 949. The van der Waals surface area contributed by atoms with Crippen LogP contribution >= 0.6 is 0 Å². The first-order valence-corrected chi connectivity index (χ1v) is 11.9. The summed E-state index contributed by atoms with van der Waals surface area (Å²) in [5.41, 5.74) is 1.97. The lowest BCUT2D eigenvalue weighted by atomic mass is 10.0. The highest BCUT2D eigenvalue weighted by Crippen LogP contribution is 2.15. The van der Waals surface area contributed by atoms with Crippen molar-refractivity contribution in [1.29, 1.82) is 0 Å². The molecular formula is C27H35N3O4. The molecule has 0 aromatic heterocycles. The van der Waals surface area contributed by atoms with Crippen molar-refractivity contribution in [2.45, 2.75) is 45.9 Å². The van der Waals surface area contributed by atoms with Gasteiger partial charge in [-0.15, -0.1) is 0 Å².